The predicted molar refractivity (Wildman–Crippen MR) is 137 cm³/mol. The highest BCUT2D eigenvalue weighted by Gasteiger charge is 2.25. The quantitative estimate of drug-likeness (QED) is 0.328. The van der Waals surface area contributed by atoms with Gasteiger partial charge >= 0.3 is 0 Å². The number of rotatable bonds is 6. The van der Waals surface area contributed by atoms with E-state index in [2.05, 4.69) is 22.8 Å². The van der Waals surface area contributed by atoms with Gasteiger partial charge in [-0.1, -0.05) is 36.4 Å². The lowest BCUT2D eigenvalue weighted by atomic mass is 10.1. The lowest BCUT2D eigenvalue weighted by molar-refractivity contribution is 0.0988. The summed E-state index contributed by atoms with van der Waals surface area (Å²) in [5, 5.41) is 5.03. The Morgan fingerprint density at radius 3 is 2.52 bits per heavy atom. The summed E-state index contributed by atoms with van der Waals surface area (Å²) in [5.74, 6) is 0.656. The number of thiophene rings is 1. The minimum atomic E-state index is -0.156. The Morgan fingerprint density at radius 2 is 1.70 bits per heavy atom. The third-order valence-electron chi connectivity index (χ3n) is 5.60. The summed E-state index contributed by atoms with van der Waals surface area (Å²) in [6.07, 6.45) is 0.875. The second-order valence-electron chi connectivity index (χ2n) is 7.73. The van der Waals surface area contributed by atoms with Crippen molar-refractivity contribution in [2.45, 2.75) is 17.1 Å². The van der Waals surface area contributed by atoms with Gasteiger partial charge in [0.2, 0.25) is 0 Å². The molecule has 4 nitrogen and oxygen atoms in total. The SMILES string of the molecule is O=C(Nc1ccc(C(=O)N2CCc3ccccc32)cc1)c1ccccc1SCc1cccs1. The van der Waals surface area contributed by atoms with Crippen LogP contribution in [-0.2, 0) is 12.2 Å². The molecular formula is C27H22N2O2S2. The van der Waals surface area contributed by atoms with Crippen molar-refractivity contribution in [1.82, 2.24) is 0 Å². The molecule has 4 aromatic rings. The molecule has 0 saturated heterocycles. The molecule has 164 valence electrons. The molecule has 1 aliphatic rings. The van der Waals surface area contributed by atoms with Crippen LogP contribution in [0.25, 0.3) is 0 Å². The van der Waals surface area contributed by atoms with Gasteiger partial charge in [0.25, 0.3) is 11.8 Å². The average molecular weight is 471 g/mol. The monoisotopic (exact) mass is 470 g/mol. The zero-order chi connectivity index (χ0) is 22.6. The van der Waals surface area contributed by atoms with Crippen LogP contribution in [-0.4, -0.2) is 18.4 Å². The summed E-state index contributed by atoms with van der Waals surface area (Å²) in [4.78, 5) is 30.0. The number of para-hydroxylation sites is 1. The Balaban J connectivity index is 1.26. The van der Waals surface area contributed by atoms with Gasteiger partial charge in [-0.15, -0.1) is 23.1 Å². The molecule has 3 aromatic carbocycles. The molecule has 0 saturated carbocycles. The lowest BCUT2D eigenvalue weighted by Gasteiger charge is -2.17. The largest absolute Gasteiger partial charge is 0.322 e. The van der Waals surface area contributed by atoms with Crippen molar-refractivity contribution in [3.63, 3.8) is 0 Å². The fourth-order valence-corrected chi connectivity index (χ4v) is 5.75. The Morgan fingerprint density at radius 1 is 0.909 bits per heavy atom. The smallest absolute Gasteiger partial charge is 0.258 e. The molecule has 5 rings (SSSR count). The van der Waals surface area contributed by atoms with E-state index in [9.17, 15) is 9.59 Å². The Hall–Kier alpha value is -3.35. The number of benzene rings is 3. The van der Waals surface area contributed by atoms with Gasteiger partial charge in [-0.25, -0.2) is 0 Å². The molecule has 1 aliphatic heterocycles. The number of anilines is 2. The first-order valence-corrected chi connectivity index (χ1v) is 12.6. The fraction of sp³-hybridized carbons (Fsp3) is 0.111. The molecule has 2 amide bonds. The van der Waals surface area contributed by atoms with Crippen LogP contribution in [0.4, 0.5) is 11.4 Å². The number of amides is 2. The van der Waals surface area contributed by atoms with E-state index < -0.39 is 0 Å². The Labute approximate surface area is 201 Å². The molecule has 0 fully saturated rings. The van der Waals surface area contributed by atoms with Crippen molar-refractivity contribution in [1.29, 1.82) is 0 Å². The molecule has 1 N–H and O–H groups in total. The van der Waals surface area contributed by atoms with Crippen LogP contribution < -0.4 is 10.2 Å². The topological polar surface area (TPSA) is 49.4 Å². The number of nitrogens with zero attached hydrogens (tertiary/aromatic N) is 1. The van der Waals surface area contributed by atoms with Crippen molar-refractivity contribution in [2.75, 3.05) is 16.8 Å². The molecule has 0 bridgehead atoms. The first-order chi connectivity index (χ1) is 16.2. The van der Waals surface area contributed by atoms with E-state index in [0.29, 0.717) is 23.4 Å². The predicted octanol–water partition coefficient (Wildman–Crippen LogP) is 6.50. The number of hydrogen-bond acceptors (Lipinski definition) is 4. The third kappa shape index (κ3) is 4.72. The molecular weight excluding hydrogens is 448 g/mol. The molecule has 6 heteroatoms. The molecule has 0 radical (unpaired) electrons. The van der Waals surface area contributed by atoms with E-state index >= 15 is 0 Å². The van der Waals surface area contributed by atoms with E-state index in [4.69, 9.17) is 0 Å². The van der Waals surface area contributed by atoms with Crippen molar-refractivity contribution in [2.24, 2.45) is 0 Å². The van der Waals surface area contributed by atoms with Gasteiger partial charge in [0.15, 0.2) is 0 Å². The normalized spacial score (nSPS) is 12.4. The van der Waals surface area contributed by atoms with Crippen LogP contribution in [0.15, 0.2) is 95.2 Å². The second kappa shape index (κ2) is 9.65. The van der Waals surface area contributed by atoms with E-state index in [0.717, 1.165) is 22.8 Å². The molecule has 1 aromatic heterocycles. The fourth-order valence-electron chi connectivity index (χ4n) is 3.92. The minimum Gasteiger partial charge on any atom is -0.322 e. The van der Waals surface area contributed by atoms with Crippen LogP contribution in [0.2, 0.25) is 0 Å². The van der Waals surface area contributed by atoms with Crippen molar-refractivity contribution in [3.05, 3.63) is 112 Å². The molecule has 0 atom stereocenters. The maximum Gasteiger partial charge on any atom is 0.258 e. The molecule has 33 heavy (non-hydrogen) atoms. The molecule has 0 unspecified atom stereocenters. The maximum absolute atomic E-state index is 13.0. The number of nitrogens with one attached hydrogen (secondary N) is 1. The van der Waals surface area contributed by atoms with Crippen LogP contribution in [0, 0.1) is 0 Å². The van der Waals surface area contributed by atoms with Crippen molar-refractivity contribution in [3.8, 4) is 0 Å². The number of fused-ring (bicyclic) bond motifs is 1. The summed E-state index contributed by atoms with van der Waals surface area (Å²) in [6.45, 7) is 0.691. The zero-order valence-electron chi connectivity index (χ0n) is 17.9. The highest BCUT2D eigenvalue weighted by molar-refractivity contribution is 7.98. The van der Waals surface area contributed by atoms with Gasteiger partial charge in [-0.05, 0) is 65.9 Å². The van der Waals surface area contributed by atoms with Gasteiger partial charge < -0.3 is 10.2 Å². The minimum absolute atomic E-state index is 0.0202. The molecule has 2 heterocycles. The molecule has 0 spiro atoms. The van der Waals surface area contributed by atoms with E-state index in [1.54, 1.807) is 47.4 Å². The zero-order valence-corrected chi connectivity index (χ0v) is 19.5. The number of hydrogen-bond donors (Lipinski definition) is 1. The van der Waals surface area contributed by atoms with E-state index in [1.165, 1.54) is 10.4 Å². The van der Waals surface area contributed by atoms with Gasteiger partial charge in [-0.2, -0.15) is 0 Å². The Kier molecular flexibility index (Phi) is 6.28. The maximum atomic E-state index is 13.0. The number of thioether (sulfide) groups is 1. The van der Waals surface area contributed by atoms with Gasteiger partial charge in [0, 0.05) is 39.0 Å². The van der Waals surface area contributed by atoms with Gasteiger partial charge in [-0.3, -0.25) is 9.59 Å². The first-order valence-electron chi connectivity index (χ1n) is 10.7. The summed E-state index contributed by atoms with van der Waals surface area (Å²) >= 11 is 3.37. The van der Waals surface area contributed by atoms with Crippen LogP contribution in [0.3, 0.4) is 0 Å². The van der Waals surface area contributed by atoms with Gasteiger partial charge in [0.1, 0.15) is 0 Å². The average Bonchev–Trinajstić information content (AvgIpc) is 3.53. The van der Waals surface area contributed by atoms with Crippen LogP contribution in [0.1, 0.15) is 31.2 Å². The molecule has 0 aliphatic carbocycles. The first kappa shape index (κ1) is 21.5. The van der Waals surface area contributed by atoms with Crippen molar-refractivity contribution >= 4 is 46.3 Å². The number of carbonyl (C=O) groups is 2. The highest BCUT2D eigenvalue weighted by Crippen LogP contribution is 2.30. The number of carbonyl (C=O) groups excluding carboxylic acids is 2. The third-order valence-corrected chi connectivity index (χ3v) is 7.79. The van der Waals surface area contributed by atoms with Crippen LogP contribution in [0.5, 0.6) is 0 Å². The summed E-state index contributed by atoms with van der Waals surface area (Å²) < 4.78 is 0. The van der Waals surface area contributed by atoms with E-state index in [1.807, 2.05) is 53.4 Å². The van der Waals surface area contributed by atoms with Crippen molar-refractivity contribution < 1.29 is 9.59 Å². The van der Waals surface area contributed by atoms with Gasteiger partial charge in [0.05, 0.1) is 5.56 Å². The Bertz CT molecular complexity index is 1280. The second-order valence-corrected chi connectivity index (χ2v) is 9.78. The standard InChI is InChI=1S/C27H22N2O2S2/c30-26(23-8-2-4-10-25(23)33-18-22-7-5-17-32-22)28-21-13-11-20(12-14-21)27(31)29-16-15-19-6-1-3-9-24(19)29/h1-14,17H,15-16,18H2,(H,28,30). The summed E-state index contributed by atoms with van der Waals surface area (Å²) in [6, 6.07) is 26.9. The lowest BCUT2D eigenvalue weighted by Crippen LogP contribution is -2.28. The highest BCUT2D eigenvalue weighted by atomic mass is 32.2. The summed E-state index contributed by atoms with van der Waals surface area (Å²) in [7, 11) is 0. The summed E-state index contributed by atoms with van der Waals surface area (Å²) in [5.41, 5.74) is 4.10. The van der Waals surface area contributed by atoms with E-state index in [-0.39, 0.29) is 11.8 Å². The van der Waals surface area contributed by atoms with Crippen LogP contribution >= 0.6 is 23.1 Å².